The zero-order chi connectivity index (χ0) is 28.8. The van der Waals surface area contributed by atoms with E-state index < -0.39 is 25.5 Å². The van der Waals surface area contributed by atoms with Crippen LogP contribution in [0.2, 0.25) is 23.4 Å². The van der Waals surface area contributed by atoms with E-state index in [2.05, 4.69) is 92.2 Å². The molecule has 2 heterocycles. The first-order valence-corrected chi connectivity index (χ1v) is 16.7. The van der Waals surface area contributed by atoms with Gasteiger partial charge in [-0.25, -0.2) is 9.78 Å². The number of halogens is 1. The van der Waals surface area contributed by atoms with E-state index in [1.807, 2.05) is 12.1 Å². The molecule has 0 aliphatic heterocycles. The Labute approximate surface area is 239 Å². The number of rotatable bonds is 5. The van der Waals surface area contributed by atoms with Gasteiger partial charge in [-0.05, 0) is 82.2 Å². The second-order valence-electron chi connectivity index (χ2n) is 11.6. The zero-order valence-electron chi connectivity index (χ0n) is 23.6. The fraction of sp³-hybridized carbons (Fsp3) is 0.290. The van der Waals surface area contributed by atoms with Gasteiger partial charge in [0, 0.05) is 23.9 Å². The minimum atomic E-state index is -2.07. The van der Waals surface area contributed by atoms with Crippen LogP contribution >= 0.6 is 11.6 Å². The van der Waals surface area contributed by atoms with Crippen molar-refractivity contribution in [2.24, 2.45) is 0 Å². The first-order chi connectivity index (χ1) is 18.9. The van der Waals surface area contributed by atoms with Crippen molar-refractivity contribution in [3.05, 3.63) is 114 Å². The van der Waals surface area contributed by atoms with Gasteiger partial charge in [0.15, 0.2) is 0 Å². The first-order valence-electron chi connectivity index (χ1n) is 13.4. The largest absolute Gasteiger partial charge is 0.543 e. The third kappa shape index (κ3) is 5.21. The molecule has 2 aromatic carbocycles. The van der Waals surface area contributed by atoms with Crippen molar-refractivity contribution < 1.29 is 4.43 Å². The maximum atomic E-state index is 13.4. The van der Waals surface area contributed by atoms with Gasteiger partial charge in [-0.15, -0.1) is 0 Å². The summed E-state index contributed by atoms with van der Waals surface area (Å²) < 4.78 is 7.92. The van der Waals surface area contributed by atoms with Crippen molar-refractivity contribution in [2.45, 2.75) is 58.2 Å². The third-order valence-electron chi connectivity index (χ3n) is 8.00. The fourth-order valence-corrected chi connectivity index (χ4v) is 5.89. The predicted molar refractivity (Wildman–Crippen MR) is 163 cm³/mol. The number of aryl methyl sites for hydroxylation is 1. The number of aromatic amines is 1. The molecule has 0 saturated carbocycles. The third-order valence-corrected chi connectivity index (χ3v) is 12.5. The molecule has 0 amide bonds. The Kier molecular flexibility index (Phi) is 7.18. The number of nitrogens with zero attached hydrogens (tertiary/aromatic N) is 3. The number of nitrogens with one attached hydrogen (secondary N) is 1. The quantitative estimate of drug-likeness (QED) is 0.190. The van der Waals surface area contributed by atoms with Gasteiger partial charge in [-0.1, -0.05) is 64.1 Å². The standard InChI is InChI=1S/C31H33ClN4O3Si/c1-7-19-8-12-23-20(16-19)9-10-21-17-22(39-40(5,6)31(2,3)4)11-13-24(21)27(23)25-18-36(30(38)35-28(25)37)26-14-15-33-29(32)34-26/h8-18,27H,7H2,1-6H3,(H,35,37,38). The van der Waals surface area contributed by atoms with Gasteiger partial charge in [0.1, 0.15) is 11.6 Å². The SMILES string of the molecule is CCc1ccc2c(c1)C=Cc1cc(O[Si](C)(C)C(C)(C)C)ccc1C2c1cn(-c2ccnc(Cl)n2)c(=O)[nH]c1=O. The van der Waals surface area contributed by atoms with Crippen molar-refractivity contribution in [1.29, 1.82) is 0 Å². The average Bonchev–Trinajstić information content (AvgIpc) is 3.04. The Morgan fingerprint density at radius 1 is 1.00 bits per heavy atom. The predicted octanol–water partition coefficient (Wildman–Crippen LogP) is 6.58. The van der Waals surface area contributed by atoms with Crippen LogP contribution in [-0.2, 0) is 6.42 Å². The van der Waals surface area contributed by atoms with Crippen LogP contribution in [0.25, 0.3) is 18.0 Å². The summed E-state index contributed by atoms with van der Waals surface area (Å²) >= 11 is 6.01. The number of fused-ring (bicyclic) bond motifs is 2. The monoisotopic (exact) mass is 572 g/mol. The highest BCUT2D eigenvalue weighted by Crippen LogP contribution is 2.42. The number of hydrogen-bond acceptors (Lipinski definition) is 5. The number of benzene rings is 2. The summed E-state index contributed by atoms with van der Waals surface area (Å²) in [6, 6.07) is 14.0. The van der Waals surface area contributed by atoms with E-state index in [9.17, 15) is 9.59 Å². The Morgan fingerprint density at radius 3 is 2.33 bits per heavy atom. The highest BCUT2D eigenvalue weighted by atomic mass is 35.5. The normalized spacial score (nSPS) is 14.8. The molecule has 0 fully saturated rings. The molecule has 7 nitrogen and oxygen atoms in total. The minimum absolute atomic E-state index is 0.00728. The van der Waals surface area contributed by atoms with Crippen LogP contribution in [-0.4, -0.2) is 27.8 Å². The summed E-state index contributed by atoms with van der Waals surface area (Å²) in [5.74, 6) is 0.637. The van der Waals surface area contributed by atoms with Crippen LogP contribution in [0.3, 0.4) is 0 Å². The first kappa shape index (κ1) is 27.8. The van der Waals surface area contributed by atoms with Gasteiger partial charge in [0.05, 0.1) is 0 Å². The van der Waals surface area contributed by atoms with Gasteiger partial charge in [0.25, 0.3) is 5.56 Å². The van der Waals surface area contributed by atoms with Crippen molar-refractivity contribution in [3.8, 4) is 11.6 Å². The van der Waals surface area contributed by atoms with Crippen LogP contribution < -0.4 is 15.7 Å². The topological polar surface area (TPSA) is 89.9 Å². The van der Waals surface area contributed by atoms with Crippen molar-refractivity contribution in [2.75, 3.05) is 0 Å². The van der Waals surface area contributed by atoms with E-state index in [4.69, 9.17) is 16.0 Å². The summed E-state index contributed by atoms with van der Waals surface area (Å²) in [6.07, 6.45) is 8.11. The molecular formula is C31H33ClN4O3Si. The second kappa shape index (κ2) is 10.3. The second-order valence-corrected chi connectivity index (χ2v) is 16.7. The maximum Gasteiger partial charge on any atom is 0.334 e. The lowest BCUT2D eigenvalue weighted by Gasteiger charge is -2.36. The molecule has 0 spiro atoms. The summed E-state index contributed by atoms with van der Waals surface area (Å²) in [7, 11) is -2.07. The van der Waals surface area contributed by atoms with Gasteiger partial charge in [-0.2, -0.15) is 4.98 Å². The minimum Gasteiger partial charge on any atom is -0.543 e. The number of aromatic nitrogens is 4. The van der Waals surface area contributed by atoms with Gasteiger partial charge in [-0.3, -0.25) is 14.3 Å². The highest BCUT2D eigenvalue weighted by Gasteiger charge is 2.39. The smallest absolute Gasteiger partial charge is 0.334 e. The van der Waals surface area contributed by atoms with Gasteiger partial charge in [0.2, 0.25) is 13.6 Å². The molecule has 1 aliphatic rings. The van der Waals surface area contributed by atoms with Crippen LogP contribution in [0, 0.1) is 0 Å². The molecule has 1 unspecified atom stereocenters. The molecular weight excluding hydrogens is 540 g/mol. The van der Waals surface area contributed by atoms with Crippen molar-refractivity contribution in [1.82, 2.24) is 19.5 Å². The molecule has 0 saturated heterocycles. The van der Waals surface area contributed by atoms with Crippen LogP contribution in [0.15, 0.2) is 64.4 Å². The number of H-pyrrole nitrogens is 1. The molecule has 4 aromatic rings. The highest BCUT2D eigenvalue weighted by molar-refractivity contribution is 6.74. The van der Waals surface area contributed by atoms with E-state index >= 15 is 0 Å². The molecule has 206 valence electrons. The molecule has 1 aliphatic carbocycles. The van der Waals surface area contributed by atoms with Gasteiger partial charge >= 0.3 is 5.69 Å². The summed E-state index contributed by atoms with van der Waals surface area (Å²) in [5, 5.41) is 0.0587. The Balaban J connectivity index is 1.72. The molecule has 40 heavy (non-hydrogen) atoms. The fourth-order valence-electron chi connectivity index (χ4n) is 4.73. The lowest BCUT2D eigenvalue weighted by atomic mass is 9.83. The summed E-state index contributed by atoms with van der Waals surface area (Å²) in [4.78, 5) is 36.9. The Morgan fingerprint density at radius 2 is 1.68 bits per heavy atom. The lowest BCUT2D eigenvalue weighted by molar-refractivity contribution is 0.492. The van der Waals surface area contributed by atoms with E-state index in [1.54, 1.807) is 12.3 Å². The lowest BCUT2D eigenvalue weighted by Crippen LogP contribution is -2.43. The number of hydrogen-bond donors (Lipinski definition) is 1. The van der Waals surface area contributed by atoms with E-state index in [1.165, 1.54) is 16.3 Å². The van der Waals surface area contributed by atoms with Crippen molar-refractivity contribution >= 4 is 32.1 Å². The summed E-state index contributed by atoms with van der Waals surface area (Å²) in [6.45, 7) is 13.2. The van der Waals surface area contributed by atoms with Crippen LogP contribution in [0.4, 0.5) is 0 Å². The van der Waals surface area contributed by atoms with E-state index in [0.29, 0.717) is 5.56 Å². The molecule has 0 radical (unpaired) electrons. The molecule has 1 N–H and O–H groups in total. The zero-order valence-corrected chi connectivity index (χ0v) is 25.3. The Hall–Kier alpha value is -3.75. The van der Waals surface area contributed by atoms with Crippen molar-refractivity contribution in [3.63, 3.8) is 0 Å². The van der Waals surface area contributed by atoms with Crippen LogP contribution in [0.5, 0.6) is 5.75 Å². The molecule has 0 bridgehead atoms. The summed E-state index contributed by atoms with van der Waals surface area (Å²) in [5.41, 5.74) is 4.46. The Bertz CT molecular complexity index is 1750. The van der Waals surface area contributed by atoms with Gasteiger partial charge < -0.3 is 4.43 Å². The maximum absolute atomic E-state index is 13.4. The average molecular weight is 573 g/mol. The van der Waals surface area contributed by atoms with E-state index in [-0.39, 0.29) is 16.1 Å². The van der Waals surface area contributed by atoms with Crippen LogP contribution in [0.1, 0.15) is 67.0 Å². The molecule has 5 rings (SSSR count). The molecule has 1 atom stereocenters. The molecule has 9 heteroatoms. The molecule has 2 aromatic heterocycles. The van der Waals surface area contributed by atoms with E-state index in [0.717, 1.165) is 34.4 Å².